The van der Waals surface area contributed by atoms with Crippen molar-refractivity contribution in [1.29, 1.82) is 5.26 Å². The highest BCUT2D eigenvalue weighted by atomic mass is 19.1. The first-order valence-electron chi connectivity index (χ1n) is 12.1. The summed E-state index contributed by atoms with van der Waals surface area (Å²) in [6.07, 6.45) is 5.83. The van der Waals surface area contributed by atoms with E-state index in [9.17, 15) is 19.2 Å². The molecule has 0 atom stereocenters. The Morgan fingerprint density at radius 1 is 1.00 bits per heavy atom. The number of rotatable bonds is 8. The molecule has 0 aliphatic heterocycles. The molecule has 0 saturated carbocycles. The minimum Gasteiger partial charge on any atom is -0.361 e. The van der Waals surface area contributed by atoms with E-state index < -0.39 is 5.91 Å². The number of fused-ring (bicyclic) bond motifs is 2. The number of para-hydroxylation sites is 2. The maximum Gasteiger partial charge on any atom is 0.261 e. The van der Waals surface area contributed by atoms with Crippen molar-refractivity contribution in [3.8, 4) is 6.07 Å². The number of anilines is 1. The first kappa shape index (κ1) is 24.5. The average molecular weight is 506 g/mol. The summed E-state index contributed by atoms with van der Waals surface area (Å²) in [5, 5.41) is 17.2. The molecule has 0 fully saturated rings. The topological polar surface area (TPSA) is 103 Å². The number of amides is 2. The predicted molar refractivity (Wildman–Crippen MR) is 146 cm³/mol. The molecule has 0 bridgehead atoms. The van der Waals surface area contributed by atoms with E-state index >= 15 is 0 Å². The van der Waals surface area contributed by atoms with Crippen molar-refractivity contribution in [1.82, 2.24) is 14.9 Å². The monoisotopic (exact) mass is 505 g/mol. The van der Waals surface area contributed by atoms with Crippen LogP contribution in [0.5, 0.6) is 0 Å². The van der Waals surface area contributed by atoms with Crippen molar-refractivity contribution >= 4 is 45.4 Å². The molecule has 2 aromatic heterocycles. The Bertz CT molecular complexity index is 1710. The molecule has 188 valence electrons. The molecule has 8 heteroatoms. The average Bonchev–Trinajstić information content (AvgIpc) is 3.50. The van der Waals surface area contributed by atoms with Gasteiger partial charge in [-0.15, -0.1) is 0 Å². The fourth-order valence-electron chi connectivity index (χ4n) is 4.46. The minimum absolute atomic E-state index is 0.00440. The number of hydrogen-bond acceptors (Lipinski definition) is 3. The Morgan fingerprint density at radius 2 is 1.74 bits per heavy atom. The molecule has 0 radical (unpaired) electrons. The van der Waals surface area contributed by atoms with Crippen LogP contribution in [-0.4, -0.2) is 27.9 Å². The van der Waals surface area contributed by atoms with Crippen LogP contribution in [0.15, 0.2) is 90.8 Å². The van der Waals surface area contributed by atoms with E-state index in [0.29, 0.717) is 24.2 Å². The molecule has 0 aliphatic rings. The highest BCUT2D eigenvalue weighted by Gasteiger charge is 2.14. The number of nitrogens with zero attached hydrogens (tertiary/aromatic N) is 2. The van der Waals surface area contributed by atoms with Crippen molar-refractivity contribution in [2.75, 3.05) is 11.9 Å². The summed E-state index contributed by atoms with van der Waals surface area (Å²) in [4.78, 5) is 28.7. The summed E-state index contributed by atoms with van der Waals surface area (Å²) >= 11 is 0. The van der Waals surface area contributed by atoms with Crippen LogP contribution in [0.25, 0.3) is 27.9 Å². The normalized spacial score (nSPS) is 11.4. The highest BCUT2D eigenvalue weighted by Crippen LogP contribution is 2.24. The van der Waals surface area contributed by atoms with Crippen LogP contribution in [0.4, 0.5) is 10.1 Å². The summed E-state index contributed by atoms with van der Waals surface area (Å²) in [6.45, 7) is 0.384. The van der Waals surface area contributed by atoms with E-state index in [2.05, 4.69) is 15.6 Å². The molecule has 0 saturated heterocycles. The molecule has 7 nitrogen and oxygen atoms in total. The molecule has 2 amide bonds. The van der Waals surface area contributed by atoms with Crippen LogP contribution in [0, 0.1) is 17.1 Å². The highest BCUT2D eigenvalue weighted by molar-refractivity contribution is 6.04. The molecule has 3 N–H and O–H groups in total. The molecular weight excluding hydrogens is 481 g/mol. The number of nitrogens with one attached hydrogen (secondary N) is 3. The van der Waals surface area contributed by atoms with Gasteiger partial charge in [0.05, 0.1) is 0 Å². The van der Waals surface area contributed by atoms with Gasteiger partial charge in [-0.1, -0.05) is 36.4 Å². The summed E-state index contributed by atoms with van der Waals surface area (Å²) < 4.78 is 14.9. The lowest BCUT2D eigenvalue weighted by molar-refractivity contribution is -0.117. The van der Waals surface area contributed by atoms with E-state index in [-0.39, 0.29) is 23.8 Å². The Labute approximate surface area is 218 Å². The van der Waals surface area contributed by atoms with E-state index in [1.165, 1.54) is 30.3 Å². The quantitative estimate of drug-likeness (QED) is 0.200. The Hall–Kier alpha value is -5.16. The van der Waals surface area contributed by atoms with Crippen LogP contribution < -0.4 is 10.6 Å². The van der Waals surface area contributed by atoms with Gasteiger partial charge in [-0.05, 0) is 54.5 Å². The largest absolute Gasteiger partial charge is 0.361 e. The summed E-state index contributed by atoms with van der Waals surface area (Å²) in [5.41, 5.74) is 4.02. The number of H-pyrrole nitrogens is 1. The summed E-state index contributed by atoms with van der Waals surface area (Å²) in [6, 6.07) is 22.9. The Kier molecular flexibility index (Phi) is 7.00. The van der Waals surface area contributed by atoms with Crippen LogP contribution in [0.1, 0.15) is 11.1 Å². The van der Waals surface area contributed by atoms with Gasteiger partial charge in [0.25, 0.3) is 5.91 Å². The number of aromatic amines is 1. The molecule has 38 heavy (non-hydrogen) atoms. The SMILES string of the molecule is N#C/C(=C/c1cn(CC(=O)Nc2ccc(F)cc2)c2ccccc12)C(=O)NCCc1c[nH]c2ccccc12. The Morgan fingerprint density at radius 3 is 2.53 bits per heavy atom. The number of hydrogen-bond donors (Lipinski definition) is 3. The number of carbonyl (C=O) groups excluding carboxylic acids is 2. The molecule has 5 rings (SSSR count). The van der Waals surface area contributed by atoms with Gasteiger partial charge >= 0.3 is 0 Å². The lowest BCUT2D eigenvalue weighted by atomic mass is 10.1. The first-order chi connectivity index (χ1) is 18.5. The van der Waals surface area contributed by atoms with E-state index in [0.717, 1.165) is 27.4 Å². The number of benzene rings is 3. The number of aromatic nitrogens is 2. The zero-order valence-electron chi connectivity index (χ0n) is 20.4. The molecule has 3 aromatic carbocycles. The van der Waals surface area contributed by atoms with Gasteiger partial charge in [-0.2, -0.15) is 5.26 Å². The van der Waals surface area contributed by atoms with Gasteiger partial charge < -0.3 is 20.2 Å². The van der Waals surface area contributed by atoms with Crippen molar-refractivity contribution in [2.24, 2.45) is 0 Å². The fraction of sp³-hybridized carbons (Fsp3) is 0.100. The second-order valence-electron chi connectivity index (χ2n) is 8.82. The number of nitriles is 1. The summed E-state index contributed by atoms with van der Waals surface area (Å²) in [7, 11) is 0. The third kappa shape index (κ3) is 5.32. The third-order valence-electron chi connectivity index (χ3n) is 6.28. The van der Waals surface area contributed by atoms with Gasteiger partial charge in [-0.25, -0.2) is 4.39 Å². The van der Waals surface area contributed by atoms with Gasteiger partial charge in [0.15, 0.2) is 0 Å². The minimum atomic E-state index is -0.460. The van der Waals surface area contributed by atoms with Crippen LogP contribution in [0.2, 0.25) is 0 Å². The molecule has 0 aliphatic carbocycles. The third-order valence-corrected chi connectivity index (χ3v) is 6.28. The van der Waals surface area contributed by atoms with Crippen molar-refractivity contribution in [3.05, 3.63) is 108 Å². The zero-order valence-corrected chi connectivity index (χ0v) is 20.4. The zero-order chi connectivity index (χ0) is 26.5. The van der Waals surface area contributed by atoms with Crippen LogP contribution in [0.3, 0.4) is 0 Å². The summed E-state index contributed by atoms with van der Waals surface area (Å²) in [5.74, 6) is -1.13. The number of carbonyl (C=O) groups is 2. The van der Waals surface area contributed by atoms with Gasteiger partial charge in [0.1, 0.15) is 24.0 Å². The Balaban J connectivity index is 1.30. The van der Waals surface area contributed by atoms with Crippen LogP contribution >= 0.6 is 0 Å². The van der Waals surface area contributed by atoms with Crippen molar-refractivity contribution in [2.45, 2.75) is 13.0 Å². The van der Waals surface area contributed by atoms with E-state index in [1.54, 1.807) is 10.8 Å². The van der Waals surface area contributed by atoms with E-state index in [4.69, 9.17) is 0 Å². The molecular formula is C30H24FN5O2. The fourth-order valence-corrected chi connectivity index (χ4v) is 4.46. The molecule has 0 unspecified atom stereocenters. The molecule has 5 aromatic rings. The molecule has 2 heterocycles. The van der Waals surface area contributed by atoms with Gasteiger partial charge in [-0.3, -0.25) is 9.59 Å². The standard InChI is InChI=1S/C30H24FN5O2/c31-23-9-11-24(12-10-23)35-29(37)19-36-18-22(26-6-2-4-8-28(26)36)15-21(16-32)30(38)33-14-13-20-17-34-27-7-3-1-5-25(20)27/h1-12,15,17-18,34H,13-14,19H2,(H,33,38)(H,35,37)/b21-15-. The van der Waals surface area contributed by atoms with Crippen LogP contribution in [-0.2, 0) is 22.6 Å². The lowest BCUT2D eigenvalue weighted by Gasteiger charge is -2.07. The van der Waals surface area contributed by atoms with E-state index in [1.807, 2.05) is 60.8 Å². The molecule has 0 spiro atoms. The van der Waals surface area contributed by atoms with Crippen molar-refractivity contribution in [3.63, 3.8) is 0 Å². The maximum absolute atomic E-state index is 13.2. The first-order valence-corrected chi connectivity index (χ1v) is 12.1. The van der Waals surface area contributed by atoms with Gasteiger partial charge in [0.2, 0.25) is 5.91 Å². The predicted octanol–water partition coefficient (Wildman–Crippen LogP) is 5.17. The second-order valence-corrected chi connectivity index (χ2v) is 8.82. The van der Waals surface area contributed by atoms with Gasteiger partial charge in [0, 0.05) is 52.0 Å². The lowest BCUT2D eigenvalue weighted by Crippen LogP contribution is -2.26. The second kappa shape index (κ2) is 10.8. The number of halogens is 1. The smallest absolute Gasteiger partial charge is 0.261 e. The maximum atomic E-state index is 13.2. The van der Waals surface area contributed by atoms with Crippen molar-refractivity contribution < 1.29 is 14.0 Å².